The molecule has 2 rings (SSSR count). The number of ether oxygens (including phenoxy) is 1. The van der Waals surface area contributed by atoms with Gasteiger partial charge < -0.3 is 20.2 Å². The molecule has 6 heteroatoms. The summed E-state index contributed by atoms with van der Waals surface area (Å²) in [5.74, 6) is 1.24. The molecule has 0 radical (unpaired) electrons. The quantitative estimate of drug-likeness (QED) is 0.635. The third-order valence-electron chi connectivity index (χ3n) is 2.21. The molecule has 0 unspecified atom stereocenters. The number of nitrogens with zero attached hydrogens (tertiary/aromatic N) is 2. The van der Waals surface area contributed by atoms with E-state index in [4.69, 9.17) is 14.9 Å². The van der Waals surface area contributed by atoms with Gasteiger partial charge in [0.05, 0.1) is 13.2 Å². The molecule has 0 atom stereocenters. The Bertz CT molecular complexity index is 298. The first-order valence-electron chi connectivity index (χ1n) is 5.22. The first-order valence-corrected chi connectivity index (χ1v) is 5.22. The minimum Gasteiger partial charge on any atom is -0.407 e. The smallest absolute Gasteiger partial charge is 0.315 e. The number of anilines is 1. The van der Waals surface area contributed by atoms with E-state index in [0.29, 0.717) is 25.1 Å². The highest BCUT2D eigenvalue weighted by Gasteiger charge is 2.20. The Kier molecular flexibility index (Phi) is 3.52. The third-order valence-corrected chi connectivity index (χ3v) is 2.21. The number of nitrogens with one attached hydrogen (secondary N) is 1. The second-order valence-electron chi connectivity index (χ2n) is 3.65. The van der Waals surface area contributed by atoms with Gasteiger partial charge in [-0.05, 0) is 18.8 Å². The van der Waals surface area contributed by atoms with Gasteiger partial charge in [-0.15, -0.1) is 5.10 Å². The molecule has 15 heavy (non-hydrogen) atoms. The molecule has 0 spiro atoms. The Hall–Kier alpha value is -1.14. The molecule has 1 heterocycles. The maximum atomic E-state index is 5.44. The van der Waals surface area contributed by atoms with Gasteiger partial charge in [0.25, 0.3) is 0 Å². The second kappa shape index (κ2) is 5.09. The highest BCUT2D eigenvalue weighted by molar-refractivity contribution is 5.16. The summed E-state index contributed by atoms with van der Waals surface area (Å²) in [6, 6.07) is 0.408. The lowest BCUT2D eigenvalue weighted by molar-refractivity contribution is 0.133. The Morgan fingerprint density at radius 2 is 2.33 bits per heavy atom. The van der Waals surface area contributed by atoms with Crippen molar-refractivity contribution >= 4 is 6.01 Å². The van der Waals surface area contributed by atoms with Gasteiger partial charge in [0.15, 0.2) is 0 Å². The average molecular weight is 212 g/mol. The van der Waals surface area contributed by atoms with Crippen LogP contribution in [0.25, 0.3) is 0 Å². The number of nitrogens with two attached hydrogens (primary N) is 1. The Morgan fingerprint density at radius 3 is 3.00 bits per heavy atom. The van der Waals surface area contributed by atoms with Gasteiger partial charge in [-0.3, -0.25) is 0 Å². The van der Waals surface area contributed by atoms with Gasteiger partial charge in [0.2, 0.25) is 5.89 Å². The standard InChI is InChI=1S/C9H16N4O2/c10-5-8-12-13-9(15-8)11-3-4-14-6-7-1-2-7/h7H,1-6,10H2,(H,11,13). The van der Waals surface area contributed by atoms with Crippen LogP contribution < -0.4 is 11.1 Å². The van der Waals surface area contributed by atoms with Gasteiger partial charge in [0, 0.05) is 13.2 Å². The first kappa shape index (κ1) is 10.4. The van der Waals surface area contributed by atoms with Crippen LogP contribution in [0.1, 0.15) is 18.7 Å². The summed E-state index contributed by atoms with van der Waals surface area (Å²) in [4.78, 5) is 0. The minimum atomic E-state index is 0.271. The topological polar surface area (TPSA) is 86.2 Å². The van der Waals surface area contributed by atoms with Crippen LogP contribution in [0.3, 0.4) is 0 Å². The molecule has 0 aliphatic heterocycles. The SMILES string of the molecule is NCc1nnc(NCCOCC2CC2)o1. The summed E-state index contributed by atoms with van der Waals surface area (Å²) in [5, 5.41) is 10.5. The van der Waals surface area contributed by atoms with Crippen LogP contribution in [-0.4, -0.2) is 30.0 Å². The summed E-state index contributed by atoms with van der Waals surface area (Å²) in [6.45, 7) is 2.49. The molecule has 6 nitrogen and oxygen atoms in total. The molecular weight excluding hydrogens is 196 g/mol. The predicted molar refractivity (Wildman–Crippen MR) is 54.2 cm³/mol. The molecule has 1 aliphatic carbocycles. The molecule has 1 aromatic heterocycles. The molecule has 1 aromatic rings. The highest BCUT2D eigenvalue weighted by atomic mass is 16.5. The van der Waals surface area contributed by atoms with Gasteiger partial charge in [-0.2, -0.15) is 0 Å². The molecule has 0 saturated heterocycles. The highest BCUT2D eigenvalue weighted by Crippen LogP contribution is 2.28. The predicted octanol–water partition coefficient (Wildman–Crippen LogP) is 0.367. The second-order valence-corrected chi connectivity index (χ2v) is 3.65. The summed E-state index contributed by atoms with van der Waals surface area (Å²) in [5.41, 5.74) is 5.33. The lowest BCUT2D eigenvalue weighted by Gasteiger charge is -2.02. The monoisotopic (exact) mass is 212 g/mol. The summed E-state index contributed by atoms with van der Waals surface area (Å²) in [7, 11) is 0. The average Bonchev–Trinajstić information content (AvgIpc) is 2.96. The van der Waals surface area contributed by atoms with E-state index in [0.717, 1.165) is 12.5 Å². The Balaban J connectivity index is 1.56. The van der Waals surface area contributed by atoms with Crippen LogP contribution in [0.4, 0.5) is 6.01 Å². The zero-order valence-electron chi connectivity index (χ0n) is 8.61. The van der Waals surface area contributed by atoms with Crippen LogP contribution in [-0.2, 0) is 11.3 Å². The normalized spacial score (nSPS) is 15.5. The molecular formula is C9H16N4O2. The molecule has 84 valence electrons. The van der Waals surface area contributed by atoms with Crippen LogP contribution in [0.5, 0.6) is 0 Å². The van der Waals surface area contributed by atoms with Gasteiger partial charge in [-0.25, -0.2) is 0 Å². The van der Waals surface area contributed by atoms with Crippen molar-refractivity contribution in [3.8, 4) is 0 Å². The summed E-state index contributed by atoms with van der Waals surface area (Å²) >= 11 is 0. The van der Waals surface area contributed by atoms with E-state index in [2.05, 4.69) is 15.5 Å². The molecule has 1 aliphatic rings. The molecule has 3 N–H and O–H groups in total. The van der Waals surface area contributed by atoms with Crippen LogP contribution in [0.15, 0.2) is 4.42 Å². The Morgan fingerprint density at radius 1 is 1.47 bits per heavy atom. The van der Waals surface area contributed by atoms with E-state index < -0.39 is 0 Å². The van der Waals surface area contributed by atoms with E-state index >= 15 is 0 Å². The molecule has 1 saturated carbocycles. The number of hydrogen-bond donors (Lipinski definition) is 2. The fourth-order valence-corrected chi connectivity index (χ4v) is 1.17. The zero-order chi connectivity index (χ0) is 10.5. The third kappa shape index (κ3) is 3.49. The fourth-order valence-electron chi connectivity index (χ4n) is 1.17. The number of aromatic nitrogens is 2. The molecule has 1 fully saturated rings. The van der Waals surface area contributed by atoms with Gasteiger partial charge in [-0.1, -0.05) is 5.10 Å². The van der Waals surface area contributed by atoms with Crippen molar-refractivity contribution in [2.24, 2.45) is 11.7 Å². The fraction of sp³-hybridized carbons (Fsp3) is 0.778. The summed E-state index contributed by atoms with van der Waals surface area (Å²) < 4.78 is 10.6. The number of rotatable bonds is 7. The van der Waals surface area contributed by atoms with E-state index in [1.54, 1.807) is 0 Å². The van der Waals surface area contributed by atoms with E-state index in [-0.39, 0.29) is 6.54 Å². The van der Waals surface area contributed by atoms with Crippen molar-refractivity contribution in [2.75, 3.05) is 25.1 Å². The van der Waals surface area contributed by atoms with E-state index in [1.165, 1.54) is 12.8 Å². The van der Waals surface area contributed by atoms with Crippen molar-refractivity contribution in [1.82, 2.24) is 10.2 Å². The first-order chi connectivity index (χ1) is 7.38. The zero-order valence-corrected chi connectivity index (χ0v) is 8.61. The van der Waals surface area contributed by atoms with Crippen LogP contribution in [0.2, 0.25) is 0 Å². The summed E-state index contributed by atoms with van der Waals surface area (Å²) in [6.07, 6.45) is 2.63. The van der Waals surface area contributed by atoms with Gasteiger partial charge >= 0.3 is 6.01 Å². The largest absolute Gasteiger partial charge is 0.407 e. The molecule has 0 aromatic carbocycles. The van der Waals surface area contributed by atoms with Crippen LogP contribution >= 0.6 is 0 Å². The van der Waals surface area contributed by atoms with Crippen molar-refractivity contribution in [1.29, 1.82) is 0 Å². The lowest BCUT2D eigenvalue weighted by atomic mass is 10.5. The molecule has 0 bridgehead atoms. The van der Waals surface area contributed by atoms with Gasteiger partial charge in [0.1, 0.15) is 0 Å². The lowest BCUT2D eigenvalue weighted by Crippen LogP contribution is -2.10. The van der Waals surface area contributed by atoms with Crippen molar-refractivity contribution in [3.63, 3.8) is 0 Å². The number of hydrogen-bond acceptors (Lipinski definition) is 6. The minimum absolute atomic E-state index is 0.271. The maximum Gasteiger partial charge on any atom is 0.315 e. The maximum absolute atomic E-state index is 5.44. The van der Waals surface area contributed by atoms with Crippen LogP contribution in [0, 0.1) is 5.92 Å². The van der Waals surface area contributed by atoms with Crippen molar-refractivity contribution in [2.45, 2.75) is 19.4 Å². The Labute approximate surface area is 88.2 Å². The molecule has 0 amide bonds. The van der Waals surface area contributed by atoms with E-state index in [9.17, 15) is 0 Å². The van der Waals surface area contributed by atoms with Crippen molar-refractivity contribution < 1.29 is 9.15 Å². The van der Waals surface area contributed by atoms with Crippen molar-refractivity contribution in [3.05, 3.63) is 5.89 Å². The van der Waals surface area contributed by atoms with E-state index in [1.807, 2.05) is 0 Å².